The van der Waals surface area contributed by atoms with Crippen molar-refractivity contribution in [2.45, 2.75) is 19.8 Å². The van der Waals surface area contributed by atoms with E-state index in [0.29, 0.717) is 23.9 Å². The number of aryl methyl sites for hydroxylation is 1. The van der Waals surface area contributed by atoms with E-state index >= 15 is 0 Å². The molecule has 0 fully saturated rings. The topological polar surface area (TPSA) is 51.3 Å². The molecule has 0 saturated carbocycles. The summed E-state index contributed by atoms with van der Waals surface area (Å²) in [5.41, 5.74) is 2.46. The molecule has 5 heteroatoms. The molecule has 1 aromatic heterocycles. The molecule has 3 aromatic rings. The van der Waals surface area contributed by atoms with E-state index in [2.05, 4.69) is 4.98 Å². The number of hydrogen-bond acceptors (Lipinski definition) is 3. The van der Waals surface area contributed by atoms with E-state index in [4.69, 9.17) is 21.1 Å². The molecule has 1 heterocycles. The number of carbonyl (C=O) groups excluding carboxylic acids is 1. The van der Waals surface area contributed by atoms with Crippen LogP contribution >= 0.6 is 11.6 Å². The maximum Gasteiger partial charge on any atom is 0.355 e. The first-order chi connectivity index (χ1) is 12.2. The smallest absolute Gasteiger partial charge is 0.355 e. The summed E-state index contributed by atoms with van der Waals surface area (Å²) in [5, 5.41) is 1.74. The van der Waals surface area contributed by atoms with Gasteiger partial charge in [-0.3, -0.25) is 0 Å². The highest BCUT2D eigenvalue weighted by Gasteiger charge is 2.18. The Bertz CT molecular complexity index is 855. The van der Waals surface area contributed by atoms with Crippen molar-refractivity contribution >= 4 is 28.5 Å². The van der Waals surface area contributed by atoms with Crippen molar-refractivity contribution in [1.82, 2.24) is 4.98 Å². The molecule has 0 aliphatic rings. The van der Waals surface area contributed by atoms with Crippen LogP contribution in [0.25, 0.3) is 10.9 Å². The molecule has 0 radical (unpaired) electrons. The average Bonchev–Trinajstić information content (AvgIpc) is 2.99. The van der Waals surface area contributed by atoms with Crippen LogP contribution in [0.1, 0.15) is 29.4 Å². The van der Waals surface area contributed by atoms with Gasteiger partial charge in [-0.2, -0.15) is 0 Å². The Morgan fingerprint density at radius 2 is 1.88 bits per heavy atom. The Balaban J connectivity index is 1.70. The molecule has 0 spiro atoms. The maximum atomic E-state index is 12.2. The molecule has 0 aliphatic heterocycles. The van der Waals surface area contributed by atoms with Crippen molar-refractivity contribution in [3.8, 4) is 5.75 Å². The third kappa shape index (κ3) is 4.15. The van der Waals surface area contributed by atoms with Gasteiger partial charge in [0.1, 0.15) is 11.4 Å². The molecule has 0 bridgehead atoms. The minimum atomic E-state index is -0.313. The van der Waals surface area contributed by atoms with Crippen LogP contribution in [0.2, 0.25) is 5.02 Å². The Morgan fingerprint density at radius 1 is 1.12 bits per heavy atom. The highest BCUT2D eigenvalue weighted by Crippen LogP contribution is 2.25. The quantitative estimate of drug-likeness (QED) is 0.477. The number of hydrogen-bond donors (Lipinski definition) is 1. The number of rotatable bonds is 7. The second kappa shape index (κ2) is 8.08. The zero-order valence-corrected chi connectivity index (χ0v) is 14.8. The van der Waals surface area contributed by atoms with E-state index in [0.717, 1.165) is 35.1 Å². The van der Waals surface area contributed by atoms with Gasteiger partial charge in [0, 0.05) is 15.9 Å². The number of aromatic nitrogens is 1. The van der Waals surface area contributed by atoms with E-state index in [1.807, 2.05) is 36.4 Å². The zero-order valence-electron chi connectivity index (χ0n) is 14.0. The lowest BCUT2D eigenvalue weighted by molar-refractivity contribution is 0.0519. The van der Waals surface area contributed by atoms with Crippen LogP contribution < -0.4 is 4.74 Å². The van der Waals surface area contributed by atoms with Crippen LogP contribution in [0.4, 0.5) is 0 Å². The maximum absolute atomic E-state index is 12.2. The first-order valence-corrected chi connectivity index (χ1v) is 8.72. The number of para-hydroxylation sites is 1. The lowest BCUT2D eigenvalue weighted by Gasteiger charge is -2.07. The summed E-state index contributed by atoms with van der Waals surface area (Å²) >= 11 is 5.87. The zero-order chi connectivity index (χ0) is 17.6. The normalized spacial score (nSPS) is 10.8. The molecular weight excluding hydrogens is 338 g/mol. The highest BCUT2D eigenvalue weighted by atomic mass is 35.5. The van der Waals surface area contributed by atoms with E-state index in [1.165, 1.54) is 0 Å². The summed E-state index contributed by atoms with van der Waals surface area (Å²) in [4.78, 5) is 15.4. The number of carbonyl (C=O) groups is 1. The highest BCUT2D eigenvalue weighted by molar-refractivity contribution is 6.30. The van der Waals surface area contributed by atoms with Gasteiger partial charge in [-0.25, -0.2) is 4.79 Å². The molecule has 0 saturated heterocycles. The van der Waals surface area contributed by atoms with Gasteiger partial charge in [-0.15, -0.1) is 0 Å². The lowest BCUT2D eigenvalue weighted by Crippen LogP contribution is -2.09. The SMILES string of the molecule is CCOC(=O)c1[nH]c2ccccc2c1CCCOc1ccc(Cl)cc1. The number of halogens is 1. The predicted molar refractivity (Wildman–Crippen MR) is 99.5 cm³/mol. The molecular formula is C20H20ClNO3. The number of H-pyrrole nitrogens is 1. The minimum absolute atomic E-state index is 0.313. The van der Waals surface area contributed by atoms with E-state index < -0.39 is 0 Å². The van der Waals surface area contributed by atoms with Crippen LogP contribution in [0.3, 0.4) is 0 Å². The third-order valence-electron chi connectivity index (χ3n) is 3.95. The molecule has 0 unspecified atom stereocenters. The van der Waals surface area contributed by atoms with Crippen LogP contribution in [0.15, 0.2) is 48.5 Å². The van der Waals surface area contributed by atoms with Gasteiger partial charge in [-0.05, 0) is 55.7 Å². The van der Waals surface area contributed by atoms with Gasteiger partial charge in [0.25, 0.3) is 0 Å². The van der Waals surface area contributed by atoms with Crippen LogP contribution in [0, 0.1) is 0 Å². The number of benzene rings is 2. The third-order valence-corrected chi connectivity index (χ3v) is 4.20. The summed E-state index contributed by atoms with van der Waals surface area (Å²) in [5.74, 6) is 0.473. The average molecular weight is 358 g/mol. The molecule has 25 heavy (non-hydrogen) atoms. The molecule has 1 N–H and O–H groups in total. The van der Waals surface area contributed by atoms with Crippen LogP contribution in [0.5, 0.6) is 5.75 Å². The van der Waals surface area contributed by atoms with Crippen LogP contribution in [-0.2, 0) is 11.2 Å². The van der Waals surface area contributed by atoms with Gasteiger partial charge in [0.05, 0.1) is 13.2 Å². The van der Waals surface area contributed by atoms with Gasteiger partial charge >= 0.3 is 5.97 Å². The number of ether oxygens (including phenoxy) is 2. The summed E-state index contributed by atoms with van der Waals surface area (Å²) in [6, 6.07) is 15.2. The monoisotopic (exact) mass is 357 g/mol. The fourth-order valence-electron chi connectivity index (χ4n) is 2.81. The second-order valence-corrected chi connectivity index (χ2v) is 6.09. The van der Waals surface area contributed by atoms with Crippen molar-refractivity contribution in [1.29, 1.82) is 0 Å². The molecule has 130 valence electrons. The molecule has 4 nitrogen and oxygen atoms in total. The van der Waals surface area contributed by atoms with Crippen molar-refractivity contribution in [2.75, 3.05) is 13.2 Å². The summed E-state index contributed by atoms with van der Waals surface area (Å²) in [6.45, 7) is 2.72. The van der Waals surface area contributed by atoms with Gasteiger partial charge < -0.3 is 14.5 Å². The van der Waals surface area contributed by atoms with E-state index in [-0.39, 0.29) is 5.97 Å². The standard InChI is InChI=1S/C20H20ClNO3/c1-2-24-20(23)19-17(16-6-3-4-8-18(16)22-19)7-5-13-25-15-11-9-14(21)10-12-15/h3-4,6,8-12,22H,2,5,7,13H2,1H3. The fraction of sp³-hybridized carbons (Fsp3) is 0.250. The van der Waals surface area contributed by atoms with Crippen LogP contribution in [-0.4, -0.2) is 24.2 Å². The number of nitrogens with one attached hydrogen (secondary N) is 1. The Hall–Kier alpha value is -2.46. The molecule has 2 aromatic carbocycles. The molecule has 0 aliphatic carbocycles. The van der Waals surface area contributed by atoms with Crippen molar-refractivity contribution in [2.24, 2.45) is 0 Å². The fourth-order valence-corrected chi connectivity index (χ4v) is 2.93. The number of esters is 1. The summed E-state index contributed by atoms with van der Waals surface area (Å²) in [6.07, 6.45) is 1.52. The first-order valence-electron chi connectivity index (χ1n) is 8.34. The van der Waals surface area contributed by atoms with E-state index in [1.54, 1.807) is 19.1 Å². The summed E-state index contributed by atoms with van der Waals surface area (Å²) < 4.78 is 10.9. The Morgan fingerprint density at radius 3 is 2.64 bits per heavy atom. The van der Waals surface area contributed by atoms with Crippen molar-refractivity contribution in [3.63, 3.8) is 0 Å². The number of fused-ring (bicyclic) bond motifs is 1. The molecule has 0 amide bonds. The Kier molecular flexibility index (Phi) is 5.61. The molecule has 3 rings (SSSR count). The van der Waals surface area contributed by atoms with Gasteiger partial charge in [-0.1, -0.05) is 29.8 Å². The lowest BCUT2D eigenvalue weighted by atomic mass is 10.1. The van der Waals surface area contributed by atoms with Crippen molar-refractivity contribution in [3.05, 3.63) is 64.8 Å². The second-order valence-electron chi connectivity index (χ2n) is 5.65. The largest absolute Gasteiger partial charge is 0.494 e. The van der Waals surface area contributed by atoms with Gasteiger partial charge in [0.2, 0.25) is 0 Å². The molecule has 0 atom stereocenters. The van der Waals surface area contributed by atoms with Crippen molar-refractivity contribution < 1.29 is 14.3 Å². The summed E-state index contributed by atoms with van der Waals surface area (Å²) in [7, 11) is 0. The minimum Gasteiger partial charge on any atom is -0.494 e. The Labute approximate surface area is 151 Å². The number of aromatic amines is 1. The van der Waals surface area contributed by atoms with E-state index in [9.17, 15) is 4.79 Å². The van der Waals surface area contributed by atoms with Gasteiger partial charge in [0.15, 0.2) is 0 Å². The predicted octanol–water partition coefficient (Wildman–Crippen LogP) is 5.01. The first kappa shape index (κ1) is 17.4.